The zero-order valence-electron chi connectivity index (χ0n) is 12.1. The van der Waals surface area contributed by atoms with Gasteiger partial charge in [-0.2, -0.15) is 0 Å². The molecule has 1 aromatic rings. The monoisotopic (exact) mass is 343 g/mol. The number of nitrogens with one attached hydrogen (secondary N) is 1. The highest BCUT2D eigenvalue weighted by molar-refractivity contribution is 9.10. The van der Waals surface area contributed by atoms with Crippen molar-refractivity contribution in [3.05, 3.63) is 28.2 Å². The number of carbonyl (C=O) groups is 1. The molecule has 1 aromatic carbocycles. The molecule has 0 aliphatic carbocycles. The summed E-state index contributed by atoms with van der Waals surface area (Å²) in [7, 11) is 1.59. The van der Waals surface area contributed by atoms with E-state index in [0.717, 1.165) is 22.2 Å². The normalized spacial score (nSPS) is 12.3. The van der Waals surface area contributed by atoms with Crippen LogP contribution in [0.5, 0.6) is 5.75 Å². The molecule has 0 aliphatic rings. The molecule has 2 N–H and O–H groups in total. The van der Waals surface area contributed by atoms with Gasteiger partial charge in [-0.1, -0.05) is 29.8 Å². The Balaban J connectivity index is 2.65. The quantitative estimate of drug-likeness (QED) is 0.799. The molecule has 0 spiro atoms. The molecular formula is C15H22BrNO3. The molecule has 0 radical (unpaired) electrons. The number of aliphatic hydroxyl groups excluding tert-OH is 1. The lowest BCUT2D eigenvalue weighted by atomic mass is 10.0. The fourth-order valence-electron chi connectivity index (χ4n) is 2.01. The first-order chi connectivity index (χ1) is 9.46. The molecule has 1 amide bonds. The zero-order valence-corrected chi connectivity index (χ0v) is 13.7. The van der Waals surface area contributed by atoms with Gasteiger partial charge in [0.05, 0.1) is 26.2 Å². The Morgan fingerprint density at radius 2 is 2.15 bits per heavy atom. The minimum atomic E-state index is -0.188. The number of methoxy groups -OCH3 is 1. The van der Waals surface area contributed by atoms with Crippen molar-refractivity contribution in [1.29, 1.82) is 0 Å². The third-order valence-corrected chi connectivity index (χ3v) is 3.72. The summed E-state index contributed by atoms with van der Waals surface area (Å²) in [6.45, 7) is 4.09. The van der Waals surface area contributed by atoms with Gasteiger partial charge in [0.1, 0.15) is 5.75 Å². The Labute approximate surface area is 128 Å². The van der Waals surface area contributed by atoms with Crippen LogP contribution in [0.25, 0.3) is 0 Å². The van der Waals surface area contributed by atoms with Crippen LogP contribution in [0.1, 0.15) is 25.8 Å². The predicted octanol–water partition coefficient (Wildman–Crippen LogP) is 2.52. The van der Waals surface area contributed by atoms with Crippen molar-refractivity contribution in [2.24, 2.45) is 5.92 Å². The van der Waals surface area contributed by atoms with Crippen molar-refractivity contribution in [2.45, 2.75) is 32.7 Å². The molecule has 4 nitrogen and oxygen atoms in total. The van der Waals surface area contributed by atoms with Crippen molar-refractivity contribution in [3.8, 4) is 5.75 Å². The van der Waals surface area contributed by atoms with E-state index < -0.39 is 0 Å². The number of carbonyl (C=O) groups excluding carboxylic acids is 1. The smallest absolute Gasteiger partial charge is 0.224 e. The summed E-state index contributed by atoms with van der Waals surface area (Å²) in [6, 6.07) is 5.34. The van der Waals surface area contributed by atoms with Gasteiger partial charge < -0.3 is 15.2 Å². The number of aliphatic hydroxyl groups is 1. The lowest BCUT2D eigenvalue weighted by Gasteiger charge is -2.18. The first-order valence-corrected chi connectivity index (χ1v) is 7.48. The van der Waals surface area contributed by atoms with Gasteiger partial charge in [-0.15, -0.1) is 0 Å². The van der Waals surface area contributed by atoms with Gasteiger partial charge in [-0.05, 0) is 36.1 Å². The van der Waals surface area contributed by atoms with Gasteiger partial charge in [-0.25, -0.2) is 0 Å². The second-order valence-electron chi connectivity index (χ2n) is 5.21. The molecule has 0 bridgehead atoms. The summed E-state index contributed by atoms with van der Waals surface area (Å²) in [4.78, 5) is 12.0. The standard InChI is InChI=1S/C15H22BrNO3/c1-10(2)6-12(9-18)17-15(19)8-11-7-13(20-3)4-5-14(11)16/h4-5,7,10,12,18H,6,8-9H2,1-3H3,(H,17,19). The molecule has 1 unspecified atom stereocenters. The van der Waals surface area contributed by atoms with Crippen LogP contribution in [0.4, 0.5) is 0 Å². The van der Waals surface area contributed by atoms with Crippen molar-refractivity contribution < 1.29 is 14.6 Å². The Bertz CT molecular complexity index is 449. The lowest BCUT2D eigenvalue weighted by Crippen LogP contribution is -2.39. The van der Waals surface area contributed by atoms with Crippen molar-refractivity contribution in [1.82, 2.24) is 5.32 Å². The molecule has 0 aliphatic heterocycles. The number of ether oxygens (including phenoxy) is 1. The largest absolute Gasteiger partial charge is 0.497 e. The molecule has 5 heteroatoms. The second kappa shape index (κ2) is 8.27. The van der Waals surface area contributed by atoms with Crippen LogP contribution in [0.2, 0.25) is 0 Å². The van der Waals surface area contributed by atoms with E-state index in [0.29, 0.717) is 5.92 Å². The summed E-state index contributed by atoms with van der Waals surface area (Å²) in [5.41, 5.74) is 0.864. The fraction of sp³-hybridized carbons (Fsp3) is 0.533. The predicted molar refractivity (Wildman–Crippen MR) is 82.9 cm³/mol. The van der Waals surface area contributed by atoms with E-state index in [-0.39, 0.29) is 25.0 Å². The lowest BCUT2D eigenvalue weighted by molar-refractivity contribution is -0.121. The third-order valence-electron chi connectivity index (χ3n) is 2.95. The highest BCUT2D eigenvalue weighted by Gasteiger charge is 2.14. The highest BCUT2D eigenvalue weighted by atomic mass is 79.9. The third kappa shape index (κ3) is 5.51. The summed E-state index contributed by atoms with van der Waals surface area (Å²) in [6.07, 6.45) is 1.02. The summed E-state index contributed by atoms with van der Waals surface area (Å²) in [5.74, 6) is 1.05. The van der Waals surface area contributed by atoms with Crippen molar-refractivity contribution >= 4 is 21.8 Å². The molecule has 0 aromatic heterocycles. The molecule has 20 heavy (non-hydrogen) atoms. The van der Waals surface area contributed by atoms with Gasteiger partial charge in [0, 0.05) is 4.47 Å². The van der Waals surface area contributed by atoms with E-state index in [9.17, 15) is 9.90 Å². The topological polar surface area (TPSA) is 58.6 Å². The number of rotatable bonds is 7. The van der Waals surface area contributed by atoms with E-state index in [1.807, 2.05) is 18.2 Å². The van der Waals surface area contributed by atoms with Crippen LogP contribution in [-0.4, -0.2) is 30.8 Å². The van der Waals surface area contributed by atoms with Crippen LogP contribution >= 0.6 is 15.9 Å². The minimum Gasteiger partial charge on any atom is -0.497 e. The average molecular weight is 344 g/mol. The number of hydrogen-bond donors (Lipinski definition) is 2. The Hall–Kier alpha value is -1.07. The Morgan fingerprint density at radius 3 is 2.70 bits per heavy atom. The Morgan fingerprint density at radius 1 is 1.45 bits per heavy atom. The van der Waals surface area contributed by atoms with Crippen molar-refractivity contribution in [2.75, 3.05) is 13.7 Å². The molecule has 0 saturated heterocycles. The van der Waals surface area contributed by atoms with E-state index in [1.165, 1.54) is 0 Å². The Kier molecular flexibility index (Phi) is 7.02. The maximum atomic E-state index is 12.0. The molecule has 1 atom stereocenters. The molecule has 0 heterocycles. The van der Waals surface area contributed by atoms with Gasteiger partial charge >= 0.3 is 0 Å². The van der Waals surface area contributed by atoms with E-state index >= 15 is 0 Å². The molecule has 112 valence electrons. The second-order valence-corrected chi connectivity index (χ2v) is 6.07. The maximum Gasteiger partial charge on any atom is 0.224 e. The van der Waals surface area contributed by atoms with Crippen LogP contribution < -0.4 is 10.1 Å². The summed E-state index contributed by atoms with van der Waals surface area (Å²) >= 11 is 3.43. The summed E-state index contributed by atoms with van der Waals surface area (Å²) in [5, 5.41) is 12.1. The first-order valence-electron chi connectivity index (χ1n) is 6.68. The molecular weight excluding hydrogens is 322 g/mol. The van der Waals surface area contributed by atoms with Gasteiger partial charge in [0.25, 0.3) is 0 Å². The highest BCUT2D eigenvalue weighted by Crippen LogP contribution is 2.23. The van der Waals surface area contributed by atoms with E-state index in [4.69, 9.17) is 4.74 Å². The number of benzene rings is 1. The van der Waals surface area contributed by atoms with E-state index in [1.54, 1.807) is 7.11 Å². The van der Waals surface area contributed by atoms with Crippen LogP contribution in [0, 0.1) is 5.92 Å². The SMILES string of the molecule is COc1ccc(Br)c(CC(=O)NC(CO)CC(C)C)c1. The fourth-order valence-corrected chi connectivity index (χ4v) is 2.40. The number of hydrogen-bond acceptors (Lipinski definition) is 3. The average Bonchev–Trinajstić information content (AvgIpc) is 2.40. The van der Waals surface area contributed by atoms with Gasteiger partial charge in [-0.3, -0.25) is 4.79 Å². The van der Waals surface area contributed by atoms with Crippen LogP contribution in [0.15, 0.2) is 22.7 Å². The van der Waals surface area contributed by atoms with E-state index in [2.05, 4.69) is 35.1 Å². The van der Waals surface area contributed by atoms with Gasteiger partial charge in [0.2, 0.25) is 5.91 Å². The molecule has 0 fully saturated rings. The van der Waals surface area contributed by atoms with Crippen molar-refractivity contribution in [3.63, 3.8) is 0 Å². The zero-order chi connectivity index (χ0) is 15.1. The van der Waals surface area contributed by atoms with Crippen LogP contribution in [-0.2, 0) is 11.2 Å². The minimum absolute atomic E-state index is 0.0385. The number of amides is 1. The summed E-state index contributed by atoms with van der Waals surface area (Å²) < 4.78 is 6.03. The van der Waals surface area contributed by atoms with Crippen LogP contribution in [0.3, 0.4) is 0 Å². The first kappa shape index (κ1) is 17.0. The maximum absolute atomic E-state index is 12.0. The molecule has 0 saturated carbocycles. The number of halogens is 1. The molecule has 1 rings (SSSR count). The van der Waals surface area contributed by atoms with Gasteiger partial charge in [0.15, 0.2) is 0 Å².